The highest BCUT2D eigenvalue weighted by Crippen LogP contribution is 2.60. The van der Waals surface area contributed by atoms with Crippen molar-refractivity contribution in [2.24, 2.45) is 11.3 Å². The Morgan fingerprint density at radius 2 is 2.05 bits per heavy atom. The quantitative estimate of drug-likeness (QED) is 0.857. The van der Waals surface area contributed by atoms with E-state index in [1.165, 1.54) is 6.07 Å². The normalized spacial score (nSPS) is 25.5. The van der Waals surface area contributed by atoms with Gasteiger partial charge in [-0.2, -0.15) is 0 Å². The number of aromatic nitrogens is 1. The second-order valence-corrected chi connectivity index (χ2v) is 8.38. The van der Waals surface area contributed by atoms with Crippen molar-refractivity contribution in [3.8, 4) is 5.75 Å². The van der Waals surface area contributed by atoms with Gasteiger partial charge in [-0.3, -0.25) is 4.79 Å². The van der Waals surface area contributed by atoms with E-state index >= 15 is 0 Å². The molecule has 1 saturated carbocycles. The van der Waals surface area contributed by atoms with E-state index in [1.54, 1.807) is 13.0 Å². The number of aryl methyl sites for hydroxylation is 1. The summed E-state index contributed by atoms with van der Waals surface area (Å²) in [7, 11) is -2.92. The summed E-state index contributed by atoms with van der Waals surface area (Å²) in [4.78, 5) is 16.4. The summed E-state index contributed by atoms with van der Waals surface area (Å²) in [5.41, 5.74) is 0.548. The van der Waals surface area contributed by atoms with Gasteiger partial charge in [0.25, 0.3) is 0 Å². The number of carbonyl (C=O) groups excluding carboxylic acids is 1. The number of hydrogen-bond acceptors (Lipinski definition) is 5. The van der Waals surface area contributed by atoms with Crippen molar-refractivity contribution in [1.82, 2.24) is 4.98 Å². The van der Waals surface area contributed by atoms with Crippen LogP contribution in [0.1, 0.15) is 25.0 Å². The van der Waals surface area contributed by atoms with Crippen molar-refractivity contribution in [3.05, 3.63) is 17.8 Å². The molecule has 2 aliphatic rings. The summed E-state index contributed by atoms with van der Waals surface area (Å²) in [6.45, 7) is 1.78. The van der Waals surface area contributed by atoms with Gasteiger partial charge in [-0.05, 0) is 43.7 Å². The number of nitrogens with one attached hydrogen (secondary N) is 1. The number of hydrogen-bond donors (Lipinski definition) is 2. The molecule has 3 rings (SSSR count). The lowest BCUT2D eigenvalue weighted by atomic mass is 9.96. The third kappa shape index (κ3) is 2.74. The van der Waals surface area contributed by atoms with Crippen LogP contribution in [-0.2, 0) is 14.6 Å². The van der Waals surface area contributed by atoms with Crippen LogP contribution in [0.15, 0.2) is 12.1 Å². The number of pyridine rings is 1. The zero-order valence-electron chi connectivity index (χ0n) is 11.8. The van der Waals surface area contributed by atoms with Crippen molar-refractivity contribution in [1.29, 1.82) is 0 Å². The maximum atomic E-state index is 12.3. The van der Waals surface area contributed by atoms with Gasteiger partial charge in [0.2, 0.25) is 5.91 Å². The molecule has 6 nitrogen and oxygen atoms in total. The monoisotopic (exact) mass is 310 g/mol. The summed E-state index contributed by atoms with van der Waals surface area (Å²) >= 11 is 0. The third-order valence-corrected chi connectivity index (χ3v) is 6.24. The van der Waals surface area contributed by atoms with Crippen LogP contribution in [0.3, 0.4) is 0 Å². The van der Waals surface area contributed by atoms with Crippen LogP contribution in [0.4, 0.5) is 5.82 Å². The van der Waals surface area contributed by atoms with Gasteiger partial charge < -0.3 is 10.4 Å². The topological polar surface area (TPSA) is 96.4 Å². The minimum absolute atomic E-state index is 0.0603. The molecule has 2 fully saturated rings. The first-order valence-corrected chi connectivity index (χ1v) is 8.81. The molecule has 1 atom stereocenters. The summed E-state index contributed by atoms with van der Waals surface area (Å²) in [5, 5.41) is 12.4. The lowest BCUT2D eigenvalue weighted by Gasteiger charge is -2.22. The van der Waals surface area contributed by atoms with Crippen LogP contribution < -0.4 is 5.32 Å². The minimum Gasteiger partial charge on any atom is -0.504 e. The van der Waals surface area contributed by atoms with Crippen molar-refractivity contribution in [2.45, 2.75) is 26.2 Å². The summed E-state index contributed by atoms with van der Waals surface area (Å²) in [6.07, 6.45) is 1.84. The van der Waals surface area contributed by atoms with Gasteiger partial charge in [0.1, 0.15) is 9.84 Å². The fraction of sp³-hybridized carbons (Fsp3) is 0.571. The highest BCUT2D eigenvalue weighted by atomic mass is 32.2. The molecule has 21 heavy (non-hydrogen) atoms. The SMILES string of the molecule is Cc1ccc(O)c(NC(=O)[C@@H]2CC23CCS(=O)(=O)CC3)n1. The van der Waals surface area contributed by atoms with E-state index in [0.717, 1.165) is 6.42 Å². The molecule has 1 aromatic rings. The van der Waals surface area contributed by atoms with E-state index in [-0.39, 0.29) is 40.3 Å². The first-order valence-electron chi connectivity index (χ1n) is 6.99. The Kier molecular flexibility index (Phi) is 3.20. The van der Waals surface area contributed by atoms with Crippen LogP contribution in [0, 0.1) is 18.3 Å². The Balaban J connectivity index is 1.67. The van der Waals surface area contributed by atoms with Crippen molar-refractivity contribution < 1.29 is 18.3 Å². The average Bonchev–Trinajstić information content (AvgIpc) is 3.13. The van der Waals surface area contributed by atoms with E-state index in [0.29, 0.717) is 18.5 Å². The van der Waals surface area contributed by atoms with E-state index < -0.39 is 9.84 Å². The predicted molar refractivity (Wildman–Crippen MR) is 77.7 cm³/mol. The Bertz CT molecular complexity index is 685. The summed E-state index contributed by atoms with van der Waals surface area (Å²) in [6, 6.07) is 3.16. The maximum Gasteiger partial charge on any atom is 0.229 e. The van der Waals surface area contributed by atoms with E-state index in [2.05, 4.69) is 10.3 Å². The molecule has 1 aromatic heterocycles. The molecule has 0 unspecified atom stereocenters. The molecule has 2 heterocycles. The Morgan fingerprint density at radius 1 is 1.38 bits per heavy atom. The average molecular weight is 310 g/mol. The molecule has 1 aliphatic heterocycles. The van der Waals surface area contributed by atoms with E-state index in [4.69, 9.17) is 0 Å². The first kappa shape index (κ1) is 14.3. The van der Waals surface area contributed by atoms with Gasteiger partial charge in [0.15, 0.2) is 11.6 Å². The van der Waals surface area contributed by atoms with Crippen LogP contribution in [0.25, 0.3) is 0 Å². The second kappa shape index (κ2) is 4.69. The van der Waals surface area contributed by atoms with Crippen LogP contribution in [0.2, 0.25) is 0 Å². The second-order valence-electron chi connectivity index (χ2n) is 6.08. The lowest BCUT2D eigenvalue weighted by molar-refractivity contribution is -0.118. The van der Waals surface area contributed by atoms with E-state index in [1.807, 2.05) is 0 Å². The van der Waals surface area contributed by atoms with Gasteiger partial charge in [-0.25, -0.2) is 13.4 Å². The highest BCUT2D eigenvalue weighted by molar-refractivity contribution is 7.91. The molecule has 0 radical (unpaired) electrons. The maximum absolute atomic E-state index is 12.3. The molecule has 1 spiro atoms. The first-order chi connectivity index (χ1) is 9.81. The molecular weight excluding hydrogens is 292 g/mol. The van der Waals surface area contributed by atoms with E-state index in [9.17, 15) is 18.3 Å². The van der Waals surface area contributed by atoms with Crippen LogP contribution >= 0.6 is 0 Å². The number of anilines is 1. The van der Waals surface area contributed by atoms with Gasteiger partial charge in [0, 0.05) is 11.6 Å². The van der Waals surface area contributed by atoms with Crippen LogP contribution in [0.5, 0.6) is 5.75 Å². The number of sulfone groups is 1. The summed E-state index contributed by atoms with van der Waals surface area (Å²) < 4.78 is 22.9. The number of rotatable bonds is 2. The molecule has 2 N–H and O–H groups in total. The standard InChI is InChI=1S/C14H18N2O4S/c1-9-2-3-11(17)12(15-9)16-13(18)10-8-14(10)4-6-21(19,20)7-5-14/h2-3,10,17H,4-8H2,1H3,(H,15,16,18)/t10-/m0/s1. The molecule has 1 saturated heterocycles. The number of aromatic hydroxyl groups is 1. The highest BCUT2D eigenvalue weighted by Gasteiger charge is 2.59. The number of amides is 1. The molecular formula is C14H18N2O4S. The molecule has 114 valence electrons. The molecule has 1 amide bonds. The van der Waals surface area contributed by atoms with Crippen LogP contribution in [-0.4, -0.2) is 35.9 Å². The lowest BCUT2D eigenvalue weighted by Crippen LogP contribution is -2.28. The molecule has 0 bridgehead atoms. The van der Waals surface area contributed by atoms with Crippen molar-refractivity contribution in [2.75, 3.05) is 16.8 Å². The molecule has 0 aromatic carbocycles. The molecule has 7 heteroatoms. The van der Waals surface area contributed by atoms with Gasteiger partial charge in [0.05, 0.1) is 11.5 Å². The van der Waals surface area contributed by atoms with Gasteiger partial charge in [-0.15, -0.1) is 0 Å². The largest absolute Gasteiger partial charge is 0.504 e. The smallest absolute Gasteiger partial charge is 0.229 e. The Hall–Kier alpha value is -1.63. The number of nitrogens with zero attached hydrogens (tertiary/aromatic N) is 1. The minimum atomic E-state index is -2.92. The zero-order valence-corrected chi connectivity index (χ0v) is 12.6. The fourth-order valence-corrected chi connectivity index (χ4v) is 4.70. The van der Waals surface area contributed by atoms with Crippen molar-refractivity contribution in [3.63, 3.8) is 0 Å². The Labute approximate surface area is 123 Å². The third-order valence-electron chi connectivity index (χ3n) is 4.58. The van der Waals surface area contributed by atoms with Crippen molar-refractivity contribution >= 4 is 21.6 Å². The van der Waals surface area contributed by atoms with Gasteiger partial charge >= 0.3 is 0 Å². The summed E-state index contributed by atoms with van der Waals surface area (Å²) in [5.74, 6) is 0.105. The zero-order chi connectivity index (χ0) is 15.3. The predicted octanol–water partition coefficient (Wildman–Crippen LogP) is 1.25. The van der Waals surface area contributed by atoms with Gasteiger partial charge in [-0.1, -0.05) is 0 Å². The fourth-order valence-electron chi connectivity index (χ4n) is 3.06. The Morgan fingerprint density at radius 3 is 2.71 bits per heavy atom. The number of carbonyl (C=O) groups is 1. The molecule has 1 aliphatic carbocycles.